The number of ketones is 1. The maximum absolute atomic E-state index is 13.4. The number of carbonyl (C=O) groups excluding carboxylic acids is 1. The van der Waals surface area contributed by atoms with Gasteiger partial charge >= 0.3 is 0 Å². The molecular weight excluding hydrogens is 389 g/mol. The number of aromatic nitrogens is 3. The predicted octanol–water partition coefficient (Wildman–Crippen LogP) is 4.19. The van der Waals surface area contributed by atoms with Crippen molar-refractivity contribution < 1.29 is 14.3 Å². The molecule has 0 atom stereocenters. The first kappa shape index (κ1) is 20.0. The van der Waals surface area contributed by atoms with E-state index in [9.17, 15) is 4.79 Å². The third kappa shape index (κ3) is 4.41. The third-order valence-electron chi connectivity index (χ3n) is 4.38. The van der Waals surface area contributed by atoms with Crippen molar-refractivity contribution in [1.29, 1.82) is 0 Å². The van der Waals surface area contributed by atoms with Crippen LogP contribution in [0, 0.1) is 11.3 Å². The molecular formula is C19H21Cl2N3O3. The van der Waals surface area contributed by atoms with Gasteiger partial charge in [-0.3, -0.25) is 4.79 Å². The van der Waals surface area contributed by atoms with Gasteiger partial charge < -0.3 is 9.47 Å². The summed E-state index contributed by atoms with van der Waals surface area (Å²) in [6, 6.07) is 5.09. The standard InChI is InChI=1S/C19H21Cl2N3O3/c1-12(2)18-26-8-19(3,9-27-18)17(25)16(24-11-22-10-23-24)6-13-4-5-14(20)7-15(13)21/h4-7,10-12,18H,8-9H2,1-3H3. The van der Waals surface area contributed by atoms with E-state index in [1.54, 1.807) is 24.3 Å². The molecule has 1 aliphatic heterocycles. The van der Waals surface area contributed by atoms with E-state index in [1.165, 1.54) is 17.3 Å². The monoisotopic (exact) mass is 409 g/mol. The molecule has 2 aromatic rings. The summed E-state index contributed by atoms with van der Waals surface area (Å²) < 4.78 is 13.0. The average molecular weight is 410 g/mol. The van der Waals surface area contributed by atoms with E-state index >= 15 is 0 Å². The Morgan fingerprint density at radius 2 is 2.04 bits per heavy atom. The van der Waals surface area contributed by atoms with Crippen LogP contribution in [-0.2, 0) is 14.3 Å². The van der Waals surface area contributed by atoms with Crippen LogP contribution in [0.4, 0.5) is 0 Å². The summed E-state index contributed by atoms with van der Waals surface area (Å²) in [5, 5.41) is 5.07. The van der Waals surface area contributed by atoms with Crippen LogP contribution in [-0.4, -0.2) is 40.1 Å². The highest BCUT2D eigenvalue weighted by atomic mass is 35.5. The van der Waals surface area contributed by atoms with E-state index in [0.717, 1.165) is 0 Å². The fourth-order valence-corrected chi connectivity index (χ4v) is 3.24. The Morgan fingerprint density at radius 3 is 2.59 bits per heavy atom. The molecule has 27 heavy (non-hydrogen) atoms. The average Bonchev–Trinajstić information content (AvgIpc) is 3.15. The molecule has 1 aromatic carbocycles. The fourth-order valence-electron chi connectivity index (χ4n) is 2.78. The van der Waals surface area contributed by atoms with Crippen molar-refractivity contribution in [2.24, 2.45) is 11.3 Å². The maximum Gasteiger partial charge on any atom is 0.191 e. The molecule has 1 aromatic heterocycles. The zero-order valence-corrected chi connectivity index (χ0v) is 16.9. The summed E-state index contributed by atoms with van der Waals surface area (Å²) in [6.07, 6.45) is 4.21. The van der Waals surface area contributed by atoms with Crippen molar-refractivity contribution >= 4 is 40.8 Å². The van der Waals surface area contributed by atoms with E-state index in [1.807, 2.05) is 20.8 Å². The minimum absolute atomic E-state index is 0.166. The Kier molecular flexibility index (Phi) is 6.01. The van der Waals surface area contributed by atoms with Crippen LogP contribution >= 0.6 is 23.2 Å². The van der Waals surface area contributed by atoms with Gasteiger partial charge in [-0.15, -0.1) is 0 Å². The maximum atomic E-state index is 13.4. The van der Waals surface area contributed by atoms with E-state index in [4.69, 9.17) is 32.7 Å². The largest absolute Gasteiger partial charge is 0.351 e. The van der Waals surface area contributed by atoms with Crippen LogP contribution in [0.3, 0.4) is 0 Å². The number of benzene rings is 1. The van der Waals surface area contributed by atoms with Crippen LogP contribution in [0.25, 0.3) is 11.8 Å². The van der Waals surface area contributed by atoms with Crippen LogP contribution in [0.2, 0.25) is 10.0 Å². The van der Waals surface area contributed by atoms with Crippen molar-refractivity contribution in [2.45, 2.75) is 27.1 Å². The second kappa shape index (κ2) is 8.10. The molecule has 2 heterocycles. The van der Waals surface area contributed by atoms with E-state index < -0.39 is 5.41 Å². The lowest BCUT2D eigenvalue weighted by molar-refractivity contribution is -0.237. The molecule has 1 fully saturated rings. The smallest absolute Gasteiger partial charge is 0.191 e. The van der Waals surface area contributed by atoms with E-state index in [2.05, 4.69) is 10.1 Å². The minimum Gasteiger partial charge on any atom is -0.351 e. The molecule has 0 amide bonds. The molecule has 144 valence electrons. The lowest BCUT2D eigenvalue weighted by Gasteiger charge is -2.37. The number of allylic oxidation sites excluding steroid dienone is 1. The molecule has 6 nitrogen and oxygen atoms in total. The van der Waals surface area contributed by atoms with Gasteiger partial charge in [0.15, 0.2) is 12.1 Å². The second-order valence-corrected chi connectivity index (χ2v) is 8.00. The first-order chi connectivity index (χ1) is 12.8. The molecule has 1 aliphatic rings. The normalized spacial score (nSPS) is 23.6. The lowest BCUT2D eigenvalue weighted by atomic mass is 9.84. The van der Waals surface area contributed by atoms with Crippen LogP contribution in [0.15, 0.2) is 30.9 Å². The van der Waals surface area contributed by atoms with Crippen molar-refractivity contribution in [3.05, 3.63) is 46.5 Å². The second-order valence-electron chi connectivity index (χ2n) is 7.16. The van der Waals surface area contributed by atoms with Gasteiger partial charge in [-0.25, -0.2) is 9.67 Å². The summed E-state index contributed by atoms with van der Waals surface area (Å²) >= 11 is 12.2. The predicted molar refractivity (Wildman–Crippen MR) is 104 cm³/mol. The topological polar surface area (TPSA) is 66.2 Å². The Bertz CT molecular complexity index is 842. The van der Waals surface area contributed by atoms with Gasteiger partial charge in [0.25, 0.3) is 0 Å². The van der Waals surface area contributed by atoms with Crippen molar-refractivity contribution in [2.75, 3.05) is 13.2 Å². The number of halogens is 2. The van der Waals surface area contributed by atoms with Gasteiger partial charge in [0.2, 0.25) is 0 Å². The van der Waals surface area contributed by atoms with Crippen molar-refractivity contribution in [3.63, 3.8) is 0 Å². The van der Waals surface area contributed by atoms with Gasteiger partial charge in [0.1, 0.15) is 18.4 Å². The first-order valence-electron chi connectivity index (χ1n) is 8.60. The van der Waals surface area contributed by atoms with E-state index in [-0.39, 0.29) is 31.2 Å². The SMILES string of the molecule is CC(C)C1OCC(C)(C(=O)C(=Cc2ccc(Cl)cc2Cl)n2cncn2)CO1. The summed E-state index contributed by atoms with van der Waals surface area (Å²) in [5.74, 6) is 0.0454. The highest BCUT2D eigenvalue weighted by Gasteiger charge is 2.42. The molecule has 0 unspecified atom stereocenters. The number of hydrogen-bond acceptors (Lipinski definition) is 5. The number of ether oxygens (including phenoxy) is 2. The summed E-state index contributed by atoms with van der Waals surface area (Å²) in [7, 11) is 0. The highest BCUT2D eigenvalue weighted by Crippen LogP contribution is 2.33. The number of rotatable bonds is 5. The van der Waals surface area contributed by atoms with Crippen molar-refractivity contribution in [3.8, 4) is 0 Å². The van der Waals surface area contributed by atoms with Gasteiger partial charge in [0.05, 0.1) is 18.6 Å². The zero-order chi connectivity index (χ0) is 19.6. The highest BCUT2D eigenvalue weighted by molar-refractivity contribution is 6.36. The Hall–Kier alpha value is -1.73. The Labute approximate surface area is 168 Å². The van der Waals surface area contributed by atoms with Gasteiger partial charge in [-0.05, 0) is 30.7 Å². The minimum atomic E-state index is -0.845. The van der Waals surface area contributed by atoms with Gasteiger partial charge in [-0.2, -0.15) is 5.10 Å². The number of carbonyl (C=O) groups is 1. The first-order valence-corrected chi connectivity index (χ1v) is 9.35. The quantitative estimate of drug-likeness (QED) is 0.692. The van der Waals surface area contributed by atoms with E-state index in [0.29, 0.717) is 21.3 Å². The summed E-state index contributed by atoms with van der Waals surface area (Å²) in [4.78, 5) is 17.3. The number of nitrogens with zero attached hydrogens (tertiary/aromatic N) is 3. The van der Waals surface area contributed by atoms with Gasteiger partial charge in [0, 0.05) is 16.0 Å². The number of Topliss-reactive ketones (excluding diaryl/α,β-unsaturated/α-hetero) is 1. The van der Waals surface area contributed by atoms with Crippen LogP contribution < -0.4 is 0 Å². The molecule has 0 saturated carbocycles. The molecule has 0 aliphatic carbocycles. The molecule has 0 bridgehead atoms. The number of hydrogen-bond donors (Lipinski definition) is 0. The van der Waals surface area contributed by atoms with Crippen molar-refractivity contribution in [1.82, 2.24) is 14.8 Å². The zero-order valence-electron chi connectivity index (χ0n) is 15.4. The van der Waals surface area contributed by atoms with Gasteiger partial charge in [-0.1, -0.05) is 43.1 Å². The van der Waals surface area contributed by atoms with Crippen LogP contribution in [0.1, 0.15) is 26.3 Å². The Balaban J connectivity index is 1.95. The summed E-state index contributed by atoms with van der Waals surface area (Å²) in [5.41, 5.74) is 0.137. The fraction of sp³-hybridized carbons (Fsp3) is 0.421. The third-order valence-corrected chi connectivity index (χ3v) is 4.94. The molecule has 3 rings (SSSR count). The Morgan fingerprint density at radius 1 is 1.33 bits per heavy atom. The summed E-state index contributed by atoms with van der Waals surface area (Å²) in [6.45, 7) is 6.36. The van der Waals surface area contributed by atoms with Crippen LogP contribution in [0.5, 0.6) is 0 Å². The molecule has 1 saturated heterocycles. The molecule has 0 N–H and O–H groups in total. The lowest BCUT2D eigenvalue weighted by Crippen LogP contribution is -2.47. The molecule has 0 spiro atoms. The molecule has 0 radical (unpaired) electrons. The molecule has 8 heteroatoms.